The number of fused-ring (bicyclic) bond motifs is 1. The van der Waals surface area contributed by atoms with Gasteiger partial charge in [-0.15, -0.1) is 18.2 Å². The van der Waals surface area contributed by atoms with Crippen LogP contribution in [0.1, 0.15) is 0 Å². The number of amides is 2. The Bertz CT molecular complexity index is 479. The first-order valence-corrected chi connectivity index (χ1v) is 5.74. The van der Waals surface area contributed by atoms with Gasteiger partial charge in [0.25, 0.3) is 5.91 Å². The quantitative estimate of drug-likeness (QED) is 0.382. The van der Waals surface area contributed by atoms with E-state index in [2.05, 4.69) is 11.2 Å². The number of carbonyl (C=O) groups excluding carboxylic acids is 2. The van der Waals surface area contributed by atoms with Crippen LogP contribution in [-0.2, 0) is 14.4 Å². The molecule has 0 aromatic carbocycles. The van der Waals surface area contributed by atoms with Gasteiger partial charge in [-0.2, -0.15) is 0 Å². The molecule has 0 saturated carbocycles. The molecule has 2 amide bonds. The minimum Gasteiger partial charge on any atom is -0.477 e. The van der Waals surface area contributed by atoms with Crippen LogP contribution in [0.2, 0.25) is 0 Å². The van der Waals surface area contributed by atoms with Crippen LogP contribution in [0.3, 0.4) is 0 Å². The molecule has 0 spiro atoms. The second-order valence-corrected chi connectivity index (χ2v) is 4.55. The van der Waals surface area contributed by atoms with Gasteiger partial charge in [0, 0.05) is 11.3 Å². The largest absolute Gasteiger partial charge is 0.477 e. The lowest BCUT2D eigenvalue weighted by Gasteiger charge is -2.48. The van der Waals surface area contributed by atoms with Gasteiger partial charge in [-0.1, -0.05) is 5.92 Å². The molecule has 88 valence electrons. The summed E-state index contributed by atoms with van der Waals surface area (Å²) < 4.78 is 0. The highest BCUT2D eigenvalue weighted by Crippen LogP contribution is 2.39. The average molecular weight is 252 g/mol. The molecule has 0 aliphatic carbocycles. The fourth-order valence-corrected chi connectivity index (χ4v) is 3.13. The molecule has 2 aliphatic rings. The van der Waals surface area contributed by atoms with E-state index in [9.17, 15) is 14.4 Å². The SMILES string of the molecule is C#CC1=C(C(=O)O)N2C(=O)C(NC=O)[C@H]2SC1. The number of thioether (sulfide) groups is 1. The summed E-state index contributed by atoms with van der Waals surface area (Å²) in [6, 6.07) is -0.661. The number of carboxylic acids is 1. The van der Waals surface area contributed by atoms with E-state index in [1.807, 2.05) is 0 Å². The van der Waals surface area contributed by atoms with E-state index in [4.69, 9.17) is 11.5 Å². The van der Waals surface area contributed by atoms with Gasteiger partial charge in [-0.25, -0.2) is 4.79 Å². The average Bonchev–Trinajstić information content (AvgIpc) is 2.33. The monoisotopic (exact) mass is 252 g/mol. The molecule has 7 heteroatoms. The molecule has 1 saturated heterocycles. The van der Waals surface area contributed by atoms with Crippen molar-refractivity contribution in [2.75, 3.05) is 5.75 Å². The van der Waals surface area contributed by atoms with Gasteiger partial charge >= 0.3 is 5.97 Å². The molecule has 2 N–H and O–H groups in total. The summed E-state index contributed by atoms with van der Waals surface area (Å²) >= 11 is 1.34. The topological polar surface area (TPSA) is 86.7 Å². The first-order valence-electron chi connectivity index (χ1n) is 4.69. The summed E-state index contributed by atoms with van der Waals surface area (Å²) in [6.07, 6.45) is 5.64. The Kier molecular flexibility index (Phi) is 2.81. The van der Waals surface area contributed by atoms with E-state index < -0.39 is 17.9 Å². The van der Waals surface area contributed by atoms with Crippen molar-refractivity contribution < 1.29 is 19.5 Å². The Hall–Kier alpha value is -1.94. The highest BCUT2D eigenvalue weighted by atomic mass is 32.2. The zero-order chi connectivity index (χ0) is 12.6. The van der Waals surface area contributed by atoms with Crippen LogP contribution in [0.4, 0.5) is 0 Å². The van der Waals surface area contributed by atoms with Gasteiger partial charge in [-0.3, -0.25) is 14.5 Å². The maximum Gasteiger partial charge on any atom is 0.353 e. The molecule has 0 bridgehead atoms. The van der Waals surface area contributed by atoms with Crippen molar-refractivity contribution in [2.45, 2.75) is 11.4 Å². The van der Waals surface area contributed by atoms with E-state index >= 15 is 0 Å². The Balaban J connectivity index is 2.34. The smallest absolute Gasteiger partial charge is 0.353 e. The van der Waals surface area contributed by atoms with Crippen molar-refractivity contribution in [1.82, 2.24) is 10.2 Å². The van der Waals surface area contributed by atoms with Gasteiger partial charge < -0.3 is 10.4 Å². The predicted octanol–water partition coefficient (Wildman–Crippen LogP) is -1.01. The number of aliphatic carboxylic acids is 1. The van der Waals surface area contributed by atoms with Crippen molar-refractivity contribution in [1.29, 1.82) is 0 Å². The number of carbonyl (C=O) groups is 3. The van der Waals surface area contributed by atoms with Crippen molar-refractivity contribution in [3.8, 4) is 12.3 Å². The normalized spacial score (nSPS) is 26.8. The maximum atomic E-state index is 11.7. The zero-order valence-corrected chi connectivity index (χ0v) is 9.36. The first kappa shape index (κ1) is 11.5. The van der Waals surface area contributed by atoms with E-state index in [1.54, 1.807) is 0 Å². The molecule has 0 aromatic rings. The van der Waals surface area contributed by atoms with Crippen LogP contribution in [0.25, 0.3) is 0 Å². The molecular formula is C10H8N2O4S. The number of carboxylic acid groups (broad SMARTS) is 1. The summed E-state index contributed by atoms with van der Waals surface area (Å²) in [7, 11) is 0. The Morgan fingerprint density at radius 3 is 2.94 bits per heavy atom. The standard InChI is InChI=1S/C10H8N2O4S/c1-2-5-3-17-9-6(11-4-13)8(14)12(9)7(5)10(15)16/h1,4,6,9H,3H2,(H,11,13)(H,15,16)/t6?,9-/m1/s1. The lowest BCUT2D eigenvalue weighted by Crippen LogP contribution is -2.69. The van der Waals surface area contributed by atoms with E-state index in [0.29, 0.717) is 12.2 Å². The van der Waals surface area contributed by atoms with Crippen LogP contribution >= 0.6 is 11.8 Å². The molecule has 2 rings (SSSR count). The maximum absolute atomic E-state index is 11.7. The number of β-lactam (4-membered cyclic amide) rings is 1. The van der Waals surface area contributed by atoms with Gasteiger partial charge in [0.2, 0.25) is 6.41 Å². The van der Waals surface area contributed by atoms with Crippen LogP contribution in [-0.4, -0.2) is 45.5 Å². The first-order chi connectivity index (χ1) is 8.11. The second kappa shape index (κ2) is 4.14. The predicted molar refractivity (Wildman–Crippen MR) is 59.6 cm³/mol. The number of hydrogen-bond acceptors (Lipinski definition) is 4. The number of terminal acetylenes is 1. The van der Waals surface area contributed by atoms with Crippen molar-refractivity contribution in [3.05, 3.63) is 11.3 Å². The summed E-state index contributed by atoms with van der Waals surface area (Å²) in [4.78, 5) is 34.2. The third kappa shape index (κ3) is 1.57. The minimum atomic E-state index is -1.22. The Labute approximate surface area is 101 Å². The number of rotatable bonds is 3. The second-order valence-electron chi connectivity index (χ2n) is 3.45. The van der Waals surface area contributed by atoms with Crippen molar-refractivity contribution >= 4 is 30.0 Å². The molecule has 2 atom stereocenters. The summed E-state index contributed by atoms with van der Waals surface area (Å²) in [5.74, 6) is 0.966. The number of nitrogens with zero attached hydrogens (tertiary/aromatic N) is 1. The molecule has 1 fully saturated rings. The van der Waals surface area contributed by atoms with Gasteiger partial charge in [0.15, 0.2) is 0 Å². The van der Waals surface area contributed by atoms with Gasteiger partial charge in [0.05, 0.1) is 0 Å². The van der Waals surface area contributed by atoms with E-state index in [0.717, 1.165) is 4.90 Å². The Morgan fingerprint density at radius 2 is 2.41 bits per heavy atom. The van der Waals surface area contributed by atoms with Crippen LogP contribution < -0.4 is 5.32 Å². The van der Waals surface area contributed by atoms with Crippen molar-refractivity contribution in [2.24, 2.45) is 0 Å². The lowest BCUT2D eigenvalue weighted by molar-refractivity contribution is -0.149. The highest BCUT2D eigenvalue weighted by Gasteiger charge is 2.53. The number of nitrogens with one attached hydrogen (secondary N) is 1. The summed E-state index contributed by atoms with van der Waals surface area (Å²) in [5, 5.41) is 11.0. The molecule has 0 aromatic heterocycles. The molecule has 6 nitrogen and oxygen atoms in total. The summed E-state index contributed by atoms with van der Waals surface area (Å²) in [6.45, 7) is 0. The third-order valence-electron chi connectivity index (χ3n) is 2.59. The van der Waals surface area contributed by atoms with E-state index in [1.165, 1.54) is 11.8 Å². The number of hydrogen-bond donors (Lipinski definition) is 2. The molecule has 2 heterocycles. The molecule has 2 aliphatic heterocycles. The Morgan fingerprint density at radius 1 is 1.71 bits per heavy atom. The fraction of sp³-hybridized carbons (Fsp3) is 0.300. The molecule has 17 heavy (non-hydrogen) atoms. The third-order valence-corrected chi connectivity index (χ3v) is 3.87. The van der Waals surface area contributed by atoms with Crippen LogP contribution in [0.5, 0.6) is 0 Å². The fourth-order valence-electron chi connectivity index (χ4n) is 1.82. The summed E-state index contributed by atoms with van der Waals surface area (Å²) in [5.41, 5.74) is 0.141. The van der Waals surface area contributed by atoms with Gasteiger partial charge in [0.1, 0.15) is 17.1 Å². The van der Waals surface area contributed by atoms with Crippen molar-refractivity contribution in [3.63, 3.8) is 0 Å². The molecule has 0 radical (unpaired) electrons. The van der Waals surface area contributed by atoms with E-state index in [-0.39, 0.29) is 16.6 Å². The molecular weight excluding hydrogens is 244 g/mol. The highest BCUT2D eigenvalue weighted by molar-refractivity contribution is 8.00. The minimum absolute atomic E-state index is 0.148. The van der Waals surface area contributed by atoms with Gasteiger partial charge in [-0.05, 0) is 0 Å². The van der Waals surface area contributed by atoms with Crippen LogP contribution in [0.15, 0.2) is 11.3 Å². The van der Waals surface area contributed by atoms with Crippen LogP contribution in [0, 0.1) is 12.3 Å². The molecule has 1 unspecified atom stereocenters. The lowest BCUT2D eigenvalue weighted by atomic mass is 10.0. The zero-order valence-electron chi connectivity index (χ0n) is 8.54.